The molecule has 0 radical (unpaired) electrons. The lowest BCUT2D eigenvalue weighted by molar-refractivity contribution is 0.168. The number of ether oxygens (including phenoxy) is 1. The minimum atomic E-state index is 0.284. The molecule has 2 aliphatic rings. The number of hydrogen-bond acceptors (Lipinski definition) is 4. The highest BCUT2D eigenvalue weighted by molar-refractivity contribution is 7.99. The van der Waals surface area contributed by atoms with Gasteiger partial charge in [0, 0.05) is 23.7 Å². The predicted molar refractivity (Wildman–Crippen MR) is 114 cm³/mol. The van der Waals surface area contributed by atoms with Gasteiger partial charge in [-0.2, -0.15) is 0 Å². The number of piperidine rings is 1. The Kier molecular flexibility index (Phi) is 6.38. The summed E-state index contributed by atoms with van der Waals surface area (Å²) < 4.78 is 6.12. The van der Waals surface area contributed by atoms with Gasteiger partial charge in [-0.25, -0.2) is 0 Å². The summed E-state index contributed by atoms with van der Waals surface area (Å²) in [4.78, 5) is 3.87. The van der Waals surface area contributed by atoms with Crippen LogP contribution >= 0.6 is 11.8 Å². The molecule has 3 nitrogen and oxygen atoms in total. The molecule has 1 saturated heterocycles. The predicted octanol–water partition coefficient (Wildman–Crippen LogP) is 4.35. The number of para-hydroxylation sites is 1. The van der Waals surface area contributed by atoms with E-state index in [1.807, 2.05) is 11.8 Å². The Labute approximate surface area is 167 Å². The van der Waals surface area contributed by atoms with Gasteiger partial charge in [-0.1, -0.05) is 42.0 Å². The highest BCUT2D eigenvalue weighted by Crippen LogP contribution is 2.34. The van der Waals surface area contributed by atoms with E-state index < -0.39 is 0 Å². The standard InChI is InChI=1S/C23H30N2OS/c1-18-5-4-6-20(13-18)16-25-11-9-19(10-12-25)14-24-15-21-17-27-23-8-3-2-7-22(23)26-21/h2-8,13,19,21,24H,9-12,14-17H2,1H3. The minimum absolute atomic E-state index is 0.284. The maximum Gasteiger partial charge on any atom is 0.133 e. The molecule has 2 aliphatic heterocycles. The monoisotopic (exact) mass is 382 g/mol. The molecule has 1 fully saturated rings. The van der Waals surface area contributed by atoms with Crippen molar-refractivity contribution in [3.63, 3.8) is 0 Å². The van der Waals surface area contributed by atoms with E-state index in [2.05, 4.69) is 65.7 Å². The Balaban J connectivity index is 1.15. The van der Waals surface area contributed by atoms with E-state index in [0.717, 1.165) is 37.1 Å². The normalized spacial score (nSPS) is 20.9. The Bertz CT molecular complexity index is 743. The summed E-state index contributed by atoms with van der Waals surface area (Å²) in [6.45, 7) is 7.76. The molecule has 1 atom stereocenters. The number of fused-ring (bicyclic) bond motifs is 1. The first-order valence-electron chi connectivity index (χ1n) is 10.1. The lowest BCUT2D eigenvalue weighted by Gasteiger charge is -2.32. The average molecular weight is 383 g/mol. The van der Waals surface area contributed by atoms with Gasteiger partial charge < -0.3 is 10.1 Å². The first kappa shape index (κ1) is 18.9. The van der Waals surface area contributed by atoms with Gasteiger partial charge >= 0.3 is 0 Å². The molecule has 2 aromatic carbocycles. The van der Waals surface area contributed by atoms with Crippen LogP contribution in [0, 0.1) is 12.8 Å². The van der Waals surface area contributed by atoms with Crippen LogP contribution in [0.5, 0.6) is 5.75 Å². The number of benzene rings is 2. The van der Waals surface area contributed by atoms with Gasteiger partial charge in [-0.05, 0) is 63.0 Å². The summed E-state index contributed by atoms with van der Waals surface area (Å²) in [5, 5.41) is 3.67. The third-order valence-electron chi connectivity index (χ3n) is 5.57. The molecule has 0 aromatic heterocycles. The van der Waals surface area contributed by atoms with Crippen LogP contribution in [-0.4, -0.2) is 42.9 Å². The van der Waals surface area contributed by atoms with Crippen LogP contribution in [0.3, 0.4) is 0 Å². The topological polar surface area (TPSA) is 24.5 Å². The molecule has 0 saturated carbocycles. The van der Waals surface area contributed by atoms with Crippen LogP contribution in [0.1, 0.15) is 24.0 Å². The number of nitrogens with one attached hydrogen (secondary N) is 1. The second kappa shape index (κ2) is 9.13. The zero-order valence-electron chi connectivity index (χ0n) is 16.2. The fraction of sp³-hybridized carbons (Fsp3) is 0.478. The van der Waals surface area contributed by atoms with E-state index in [4.69, 9.17) is 4.74 Å². The third kappa shape index (κ3) is 5.28. The summed E-state index contributed by atoms with van der Waals surface area (Å²) in [5.74, 6) is 2.88. The van der Waals surface area contributed by atoms with Gasteiger partial charge in [0.1, 0.15) is 11.9 Å². The molecule has 1 unspecified atom stereocenters. The van der Waals surface area contributed by atoms with E-state index in [-0.39, 0.29) is 6.10 Å². The van der Waals surface area contributed by atoms with Crippen LogP contribution in [0.15, 0.2) is 53.4 Å². The van der Waals surface area contributed by atoms with E-state index in [0.29, 0.717) is 0 Å². The van der Waals surface area contributed by atoms with Gasteiger partial charge in [0.05, 0.1) is 0 Å². The van der Waals surface area contributed by atoms with Crippen molar-refractivity contribution in [1.82, 2.24) is 10.2 Å². The summed E-state index contributed by atoms with van der Waals surface area (Å²) in [6, 6.07) is 17.3. The zero-order valence-corrected chi connectivity index (χ0v) is 17.0. The molecule has 144 valence electrons. The summed E-state index contributed by atoms with van der Waals surface area (Å²) >= 11 is 1.91. The van der Waals surface area contributed by atoms with Crippen molar-refractivity contribution < 1.29 is 4.74 Å². The number of nitrogens with zero attached hydrogens (tertiary/aromatic N) is 1. The molecular weight excluding hydrogens is 352 g/mol. The lowest BCUT2D eigenvalue weighted by Crippen LogP contribution is -2.40. The van der Waals surface area contributed by atoms with Crippen molar-refractivity contribution in [2.24, 2.45) is 5.92 Å². The number of likely N-dealkylation sites (tertiary alicyclic amines) is 1. The van der Waals surface area contributed by atoms with E-state index in [9.17, 15) is 0 Å². The highest BCUT2D eigenvalue weighted by Gasteiger charge is 2.22. The lowest BCUT2D eigenvalue weighted by atomic mass is 9.96. The highest BCUT2D eigenvalue weighted by atomic mass is 32.2. The molecule has 2 aromatic rings. The molecule has 4 rings (SSSR count). The van der Waals surface area contributed by atoms with Crippen molar-refractivity contribution in [2.75, 3.05) is 31.9 Å². The molecule has 2 heterocycles. The van der Waals surface area contributed by atoms with E-state index >= 15 is 0 Å². The van der Waals surface area contributed by atoms with Crippen molar-refractivity contribution in [3.8, 4) is 5.75 Å². The van der Waals surface area contributed by atoms with E-state index in [1.165, 1.54) is 42.0 Å². The van der Waals surface area contributed by atoms with Crippen molar-refractivity contribution >= 4 is 11.8 Å². The zero-order chi connectivity index (χ0) is 18.5. The SMILES string of the molecule is Cc1cccc(CN2CCC(CNCC3CSc4ccccc4O3)CC2)c1. The largest absolute Gasteiger partial charge is 0.487 e. The first-order valence-corrected chi connectivity index (χ1v) is 11.1. The number of thioether (sulfide) groups is 1. The Hall–Kier alpha value is -1.49. The van der Waals surface area contributed by atoms with Gasteiger partial charge in [0.25, 0.3) is 0 Å². The molecule has 0 aliphatic carbocycles. The molecule has 0 spiro atoms. The summed E-state index contributed by atoms with van der Waals surface area (Å²) in [7, 11) is 0. The van der Waals surface area contributed by atoms with Crippen LogP contribution in [0.25, 0.3) is 0 Å². The Morgan fingerprint density at radius 2 is 1.93 bits per heavy atom. The molecule has 0 bridgehead atoms. The number of rotatable bonds is 6. The van der Waals surface area contributed by atoms with Crippen molar-refractivity contribution in [2.45, 2.75) is 37.3 Å². The first-order chi connectivity index (χ1) is 13.3. The second-order valence-corrected chi connectivity index (χ2v) is 8.93. The number of aryl methyl sites for hydroxylation is 1. The van der Waals surface area contributed by atoms with Crippen molar-refractivity contribution in [1.29, 1.82) is 0 Å². The van der Waals surface area contributed by atoms with Crippen LogP contribution in [0.4, 0.5) is 0 Å². The fourth-order valence-corrected chi connectivity index (χ4v) is 5.01. The molecule has 4 heteroatoms. The van der Waals surface area contributed by atoms with Crippen LogP contribution in [-0.2, 0) is 6.54 Å². The van der Waals surface area contributed by atoms with Gasteiger partial charge in [0.15, 0.2) is 0 Å². The van der Waals surface area contributed by atoms with Crippen molar-refractivity contribution in [3.05, 3.63) is 59.7 Å². The summed E-state index contributed by atoms with van der Waals surface area (Å²) in [6.07, 6.45) is 2.87. The third-order valence-corrected chi connectivity index (χ3v) is 6.76. The summed E-state index contributed by atoms with van der Waals surface area (Å²) in [5.41, 5.74) is 2.80. The maximum atomic E-state index is 6.12. The van der Waals surface area contributed by atoms with Gasteiger partial charge in [0.2, 0.25) is 0 Å². The molecular formula is C23H30N2OS. The van der Waals surface area contributed by atoms with Gasteiger partial charge in [-0.3, -0.25) is 4.90 Å². The number of hydrogen-bond donors (Lipinski definition) is 1. The molecule has 27 heavy (non-hydrogen) atoms. The minimum Gasteiger partial charge on any atom is -0.487 e. The Morgan fingerprint density at radius 1 is 1.07 bits per heavy atom. The Morgan fingerprint density at radius 3 is 2.78 bits per heavy atom. The maximum absolute atomic E-state index is 6.12. The average Bonchev–Trinajstić information content (AvgIpc) is 2.69. The molecule has 1 N–H and O–H groups in total. The fourth-order valence-electron chi connectivity index (χ4n) is 4.03. The van der Waals surface area contributed by atoms with Crippen LogP contribution < -0.4 is 10.1 Å². The quantitative estimate of drug-likeness (QED) is 0.803. The second-order valence-electron chi connectivity index (χ2n) is 7.86. The van der Waals surface area contributed by atoms with Crippen LogP contribution in [0.2, 0.25) is 0 Å². The van der Waals surface area contributed by atoms with Gasteiger partial charge in [-0.15, -0.1) is 11.8 Å². The molecule has 0 amide bonds. The smallest absolute Gasteiger partial charge is 0.133 e. The van der Waals surface area contributed by atoms with E-state index in [1.54, 1.807) is 0 Å².